The van der Waals surface area contributed by atoms with Gasteiger partial charge in [0.1, 0.15) is 12.6 Å². The summed E-state index contributed by atoms with van der Waals surface area (Å²) in [5, 5.41) is 3.44. The van der Waals surface area contributed by atoms with Crippen LogP contribution in [0.2, 0.25) is 0 Å². The molecule has 0 aromatic heterocycles. The highest BCUT2D eigenvalue weighted by molar-refractivity contribution is 5.80. The minimum atomic E-state index is -0.290. The van der Waals surface area contributed by atoms with Crippen molar-refractivity contribution in [3.63, 3.8) is 0 Å². The summed E-state index contributed by atoms with van der Waals surface area (Å²) in [4.78, 5) is 17.6. The molecule has 2 aromatic carbocycles. The summed E-state index contributed by atoms with van der Waals surface area (Å²) in [7, 11) is 0. The third kappa shape index (κ3) is 5.67. The molecule has 2 heterocycles. The quantitative estimate of drug-likeness (QED) is 0.560. The molecule has 0 radical (unpaired) electrons. The number of fused-ring (bicyclic) bond motifs is 1. The largest absolute Gasteiger partial charge is 0.459 e. The first-order chi connectivity index (χ1) is 15.1. The number of hydrogen-bond donors (Lipinski definition) is 1. The smallest absolute Gasteiger partial charge is 0.328 e. The zero-order chi connectivity index (χ0) is 21.6. The van der Waals surface area contributed by atoms with Crippen LogP contribution >= 0.6 is 0 Å². The lowest BCUT2D eigenvalue weighted by molar-refractivity contribution is -0.146. The Labute approximate surface area is 185 Å². The van der Waals surface area contributed by atoms with Gasteiger partial charge in [-0.25, -0.2) is 4.79 Å². The number of benzene rings is 2. The number of carbonyl (C=O) groups is 1. The SMILES string of the molecule is C=C(C)CN1CCN(c2ccc3c(c2)CCCC(C(=O)OCc2ccccc2)N3)CC1. The molecule has 1 saturated heterocycles. The maximum atomic E-state index is 12.7. The molecular weight excluding hydrogens is 386 g/mol. The third-order valence-electron chi connectivity index (χ3n) is 6.10. The van der Waals surface area contributed by atoms with Gasteiger partial charge in [-0.1, -0.05) is 42.5 Å². The number of rotatable bonds is 6. The average molecular weight is 420 g/mol. The minimum Gasteiger partial charge on any atom is -0.459 e. The lowest BCUT2D eigenvalue weighted by atomic mass is 10.1. The van der Waals surface area contributed by atoms with E-state index in [1.54, 1.807) is 0 Å². The number of hydrogen-bond acceptors (Lipinski definition) is 5. The molecular formula is C26H33N3O2. The van der Waals surface area contributed by atoms with Crippen LogP contribution in [0, 0.1) is 0 Å². The van der Waals surface area contributed by atoms with E-state index in [0.717, 1.165) is 63.2 Å². The van der Waals surface area contributed by atoms with Gasteiger partial charge >= 0.3 is 5.97 Å². The Balaban J connectivity index is 1.35. The third-order valence-corrected chi connectivity index (χ3v) is 6.10. The van der Waals surface area contributed by atoms with E-state index in [1.165, 1.54) is 16.8 Å². The van der Waals surface area contributed by atoms with Crippen LogP contribution in [0.15, 0.2) is 60.7 Å². The highest BCUT2D eigenvalue weighted by Gasteiger charge is 2.25. The topological polar surface area (TPSA) is 44.8 Å². The fraction of sp³-hybridized carbons (Fsp3) is 0.423. The number of esters is 1. The number of nitrogens with one attached hydrogen (secondary N) is 1. The first-order valence-electron chi connectivity index (χ1n) is 11.3. The molecule has 5 nitrogen and oxygen atoms in total. The molecule has 0 saturated carbocycles. The van der Waals surface area contributed by atoms with E-state index in [-0.39, 0.29) is 12.0 Å². The van der Waals surface area contributed by atoms with Gasteiger partial charge in [0, 0.05) is 44.1 Å². The van der Waals surface area contributed by atoms with E-state index in [9.17, 15) is 4.79 Å². The minimum absolute atomic E-state index is 0.172. The maximum absolute atomic E-state index is 12.7. The maximum Gasteiger partial charge on any atom is 0.328 e. The van der Waals surface area contributed by atoms with Crippen molar-refractivity contribution in [1.82, 2.24) is 4.90 Å². The van der Waals surface area contributed by atoms with E-state index in [2.05, 4.69) is 46.8 Å². The molecule has 1 atom stereocenters. The Morgan fingerprint density at radius 2 is 1.90 bits per heavy atom. The van der Waals surface area contributed by atoms with Crippen molar-refractivity contribution >= 4 is 17.3 Å². The Hall–Kier alpha value is -2.79. The molecule has 164 valence electrons. The van der Waals surface area contributed by atoms with E-state index in [4.69, 9.17) is 4.74 Å². The summed E-state index contributed by atoms with van der Waals surface area (Å²) < 4.78 is 5.57. The lowest BCUT2D eigenvalue weighted by Crippen LogP contribution is -2.46. The zero-order valence-electron chi connectivity index (χ0n) is 18.5. The first-order valence-corrected chi connectivity index (χ1v) is 11.3. The van der Waals surface area contributed by atoms with Crippen molar-refractivity contribution in [2.75, 3.05) is 42.9 Å². The molecule has 5 heteroatoms. The van der Waals surface area contributed by atoms with Gasteiger partial charge in [0.05, 0.1) is 0 Å². The van der Waals surface area contributed by atoms with E-state index < -0.39 is 0 Å². The molecule has 0 bridgehead atoms. The van der Waals surface area contributed by atoms with Crippen LogP contribution in [-0.4, -0.2) is 49.6 Å². The van der Waals surface area contributed by atoms with Gasteiger partial charge in [0.25, 0.3) is 0 Å². The number of carbonyl (C=O) groups excluding carboxylic acids is 1. The first kappa shape index (κ1) is 21.4. The number of anilines is 2. The monoisotopic (exact) mass is 419 g/mol. The van der Waals surface area contributed by atoms with Crippen LogP contribution in [0.1, 0.15) is 30.9 Å². The zero-order valence-corrected chi connectivity index (χ0v) is 18.5. The number of piperazine rings is 1. The van der Waals surface area contributed by atoms with Gasteiger partial charge in [-0.15, -0.1) is 0 Å². The molecule has 2 aliphatic heterocycles. The number of nitrogens with zero attached hydrogens (tertiary/aromatic N) is 2. The predicted molar refractivity (Wildman–Crippen MR) is 126 cm³/mol. The van der Waals surface area contributed by atoms with Crippen LogP contribution in [0.5, 0.6) is 0 Å². The Morgan fingerprint density at radius 3 is 2.65 bits per heavy atom. The summed E-state index contributed by atoms with van der Waals surface area (Å²) >= 11 is 0. The Bertz CT molecular complexity index is 904. The van der Waals surface area contributed by atoms with Crippen LogP contribution in [0.25, 0.3) is 0 Å². The van der Waals surface area contributed by atoms with E-state index in [0.29, 0.717) is 6.61 Å². The molecule has 31 heavy (non-hydrogen) atoms. The van der Waals surface area contributed by atoms with Crippen molar-refractivity contribution < 1.29 is 9.53 Å². The van der Waals surface area contributed by atoms with Crippen molar-refractivity contribution in [3.8, 4) is 0 Å². The standard InChI is InChI=1S/C26H33N3O2/c1-20(2)18-28-13-15-29(16-14-28)23-11-12-24-22(17-23)9-6-10-25(27-24)26(30)31-19-21-7-4-3-5-8-21/h3-5,7-8,11-12,17,25,27H,1,6,9-10,13-16,18-19H2,2H3. The second-order valence-corrected chi connectivity index (χ2v) is 8.74. The number of ether oxygens (including phenoxy) is 1. The highest BCUT2D eigenvalue weighted by Crippen LogP contribution is 2.29. The molecule has 0 spiro atoms. The lowest BCUT2D eigenvalue weighted by Gasteiger charge is -2.36. The normalized spacial score (nSPS) is 19.1. The summed E-state index contributed by atoms with van der Waals surface area (Å²) in [6, 6.07) is 16.2. The van der Waals surface area contributed by atoms with Gasteiger partial charge < -0.3 is 15.0 Å². The van der Waals surface area contributed by atoms with Crippen LogP contribution in [-0.2, 0) is 22.6 Å². The van der Waals surface area contributed by atoms with Gasteiger partial charge in [-0.05, 0) is 55.5 Å². The van der Waals surface area contributed by atoms with Crippen molar-refractivity contribution in [3.05, 3.63) is 71.8 Å². The second kappa shape index (κ2) is 10.0. The van der Waals surface area contributed by atoms with Crippen molar-refractivity contribution in [2.45, 2.75) is 38.8 Å². The van der Waals surface area contributed by atoms with Crippen LogP contribution in [0.4, 0.5) is 11.4 Å². The predicted octanol–water partition coefficient (Wildman–Crippen LogP) is 4.24. The van der Waals surface area contributed by atoms with E-state index >= 15 is 0 Å². The van der Waals surface area contributed by atoms with Crippen LogP contribution in [0.3, 0.4) is 0 Å². The highest BCUT2D eigenvalue weighted by atomic mass is 16.5. The molecule has 1 fully saturated rings. The van der Waals surface area contributed by atoms with Gasteiger partial charge in [0.15, 0.2) is 0 Å². The molecule has 0 aliphatic carbocycles. The van der Waals surface area contributed by atoms with Crippen LogP contribution < -0.4 is 10.2 Å². The second-order valence-electron chi connectivity index (χ2n) is 8.74. The van der Waals surface area contributed by atoms with Crippen molar-refractivity contribution in [2.24, 2.45) is 0 Å². The summed E-state index contributed by atoms with van der Waals surface area (Å²) in [6.07, 6.45) is 2.74. The van der Waals surface area contributed by atoms with Gasteiger partial charge in [-0.3, -0.25) is 4.90 Å². The molecule has 2 aromatic rings. The average Bonchev–Trinajstić information content (AvgIpc) is 3.00. The van der Waals surface area contributed by atoms with E-state index in [1.807, 2.05) is 30.3 Å². The summed E-state index contributed by atoms with van der Waals surface area (Å²) in [6.45, 7) is 11.6. The summed E-state index contributed by atoms with van der Waals surface area (Å²) in [5.74, 6) is -0.172. The van der Waals surface area contributed by atoms with Gasteiger partial charge in [0.2, 0.25) is 0 Å². The molecule has 4 rings (SSSR count). The molecule has 0 amide bonds. The van der Waals surface area contributed by atoms with Crippen molar-refractivity contribution in [1.29, 1.82) is 0 Å². The fourth-order valence-corrected chi connectivity index (χ4v) is 4.43. The molecule has 1 unspecified atom stereocenters. The molecule has 1 N–H and O–H groups in total. The number of aryl methyl sites for hydroxylation is 1. The van der Waals surface area contributed by atoms with Gasteiger partial charge in [-0.2, -0.15) is 0 Å². The molecule has 2 aliphatic rings. The fourth-order valence-electron chi connectivity index (χ4n) is 4.43. The Kier molecular flexibility index (Phi) is 6.92. The Morgan fingerprint density at radius 1 is 1.13 bits per heavy atom. The summed E-state index contributed by atoms with van der Waals surface area (Å²) in [5.41, 5.74) is 5.86.